The molecule has 0 spiro atoms. The first-order valence-corrected chi connectivity index (χ1v) is 11.3. The fourth-order valence-corrected chi connectivity index (χ4v) is 4.83. The van der Waals surface area contributed by atoms with E-state index in [1.807, 2.05) is 42.9 Å². The molecule has 0 atom stereocenters. The zero-order chi connectivity index (χ0) is 23.3. The van der Waals surface area contributed by atoms with Gasteiger partial charge in [-0.15, -0.1) is 0 Å². The van der Waals surface area contributed by atoms with Crippen molar-refractivity contribution in [3.8, 4) is 22.4 Å². The van der Waals surface area contributed by atoms with E-state index in [0.717, 1.165) is 33.2 Å². The summed E-state index contributed by atoms with van der Waals surface area (Å²) in [5.74, 6) is 0. The third-order valence-corrected chi connectivity index (χ3v) is 6.48. The number of hydrogen-bond donors (Lipinski definition) is 0. The third kappa shape index (κ3) is 3.64. The smallest absolute Gasteiger partial charge is 0.259 e. The van der Waals surface area contributed by atoms with Gasteiger partial charge in [-0.2, -0.15) is 5.10 Å². The molecule has 8 heteroatoms. The normalized spacial score (nSPS) is 11.7. The molecule has 33 heavy (non-hydrogen) atoms. The highest BCUT2D eigenvalue weighted by molar-refractivity contribution is 6.36. The Labute approximate surface area is 200 Å². The molecule has 0 saturated heterocycles. The highest BCUT2D eigenvalue weighted by Crippen LogP contribution is 2.35. The molecule has 5 rings (SSSR count). The molecule has 0 bridgehead atoms. The van der Waals surface area contributed by atoms with E-state index in [1.54, 1.807) is 34.5 Å². The van der Waals surface area contributed by atoms with Gasteiger partial charge in [-0.3, -0.25) is 9.36 Å². The van der Waals surface area contributed by atoms with Gasteiger partial charge in [0.1, 0.15) is 12.4 Å². The largest absolute Gasteiger partial charge is 0.360 e. The van der Waals surface area contributed by atoms with E-state index < -0.39 is 0 Å². The lowest BCUT2D eigenvalue weighted by Crippen LogP contribution is -2.20. The molecule has 5 aromatic rings. The van der Waals surface area contributed by atoms with Crippen LogP contribution in [0.5, 0.6) is 0 Å². The third-order valence-electron chi connectivity index (χ3n) is 5.93. The average Bonchev–Trinajstić information content (AvgIpc) is 3.38. The van der Waals surface area contributed by atoms with Crippen LogP contribution in [-0.4, -0.2) is 25.5 Å². The number of hydrogen-bond acceptors (Lipinski definition) is 3. The molecule has 0 amide bonds. The average molecular weight is 481 g/mol. The van der Waals surface area contributed by atoms with Crippen molar-refractivity contribution < 1.29 is 4.74 Å². The Morgan fingerprint density at radius 3 is 2.52 bits per heavy atom. The first kappa shape index (κ1) is 21.8. The van der Waals surface area contributed by atoms with Crippen molar-refractivity contribution in [3.63, 3.8) is 0 Å². The second-order valence-electron chi connectivity index (χ2n) is 7.94. The molecule has 0 fully saturated rings. The molecule has 0 saturated carbocycles. The van der Waals surface area contributed by atoms with Gasteiger partial charge in [-0.1, -0.05) is 35.3 Å². The summed E-state index contributed by atoms with van der Waals surface area (Å²) in [5, 5.41) is 7.60. The molecule has 168 valence electrons. The zero-order valence-electron chi connectivity index (χ0n) is 18.5. The van der Waals surface area contributed by atoms with Crippen LogP contribution in [0.1, 0.15) is 6.92 Å². The highest BCUT2D eigenvalue weighted by Gasteiger charge is 2.18. The first-order chi connectivity index (χ1) is 15.9. The number of halogens is 2. The fraction of sp³-hybridized carbons (Fsp3) is 0.200. The van der Waals surface area contributed by atoms with Crippen LogP contribution in [-0.2, 0) is 25.6 Å². The summed E-state index contributed by atoms with van der Waals surface area (Å²) in [6.07, 6.45) is 1.91. The van der Waals surface area contributed by atoms with Crippen molar-refractivity contribution in [3.05, 3.63) is 75.1 Å². The molecule has 0 N–H and O–H groups in total. The molecule has 0 aliphatic heterocycles. The van der Waals surface area contributed by atoms with Crippen LogP contribution in [0.25, 0.3) is 44.3 Å². The van der Waals surface area contributed by atoms with Gasteiger partial charge in [-0.25, -0.2) is 4.68 Å². The van der Waals surface area contributed by atoms with Gasteiger partial charge >= 0.3 is 0 Å². The second-order valence-corrected chi connectivity index (χ2v) is 8.78. The number of pyridine rings is 1. The molecular weight excluding hydrogens is 459 g/mol. The standard InChI is InChI=1S/C25H22Cl2N4O2/c1-4-33-14-31-10-9-22(28-31)15-5-8-23-18(11-15)19-13-20(17-7-6-16(26)12-21(17)27)25(32)30(3)24(19)29(23)2/h5-13H,4,14H2,1-3H3. The summed E-state index contributed by atoms with van der Waals surface area (Å²) in [5.41, 5.74) is 4.79. The molecule has 0 aliphatic rings. The van der Waals surface area contributed by atoms with Crippen LogP contribution in [0.15, 0.2) is 59.5 Å². The van der Waals surface area contributed by atoms with E-state index in [4.69, 9.17) is 27.9 Å². The number of fused-ring (bicyclic) bond motifs is 3. The Balaban J connectivity index is 1.73. The SMILES string of the molecule is CCOCn1ccc(-c2ccc3c(c2)c2cc(-c4ccc(Cl)cc4Cl)c(=O)n(C)c2n3C)n1. The lowest BCUT2D eigenvalue weighted by atomic mass is 10.0. The molecule has 2 aromatic carbocycles. The van der Waals surface area contributed by atoms with E-state index in [-0.39, 0.29) is 5.56 Å². The summed E-state index contributed by atoms with van der Waals surface area (Å²) in [7, 11) is 3.75. The Hall–Kier alpha value is -3.06. The Morgan fingerprint density at radius 2 is 1.76 bits per heavy atom. The predicted molar refractivity (Wildman–Crippen MR) is 134 cm³/mol. The Bertz CT molecular complexity index is 1580. The number of benzene rings is 2. The summed E-state index contributed by atoms with van der Waals surface area (Å²) >= 11 is 12.5. The van der Waals surface area contributed by atoms with Crippen LogP contribution >= 0.6 is 23.2 Å². The summed E-state index contributed by atoms with van der Waals surface area (Å²) < 4.78 is 10.9. The van der Waals surface area contributed by atoms with Crippen molar-refractivity contribution in [2.75, 3.05) is 6.61 Å². The van der Waals surface area contributed by atoms with Crippen LogP contribution in [0.2, 0.25) is 10.0 Å². The maximum atomic E-state index is 13.3. The molecule has 0 radical (unpaired) electrons. The van der Waals surface area contributed by atoms with Crippen molar-refractivity contribution in [2.24, 2.45) is 14.1 Å². The maximum absolute atomic E-state index is 13.3. The number of ether oxygens (including phenoxy) is 1. The van der Waals surface area contributed by atoms with Gasteiger partial charge in [-0.05, 0) is 43.3 Å². The van der Waals surface area contributed by atoms with Crippen molar-refractivity contribution >= 4 is 45.1 Å². The van der Waals surface area contributed by atoms with Crippen LogP contribution in [0.4, 0.5) is 0 Å². The molecule has 3 heterocycles. The lowest BCUT2D eigenvalue weighted by molar-refractivity contribution is 0.0793. The van der Waals surface area contributed by atoms with Gasteiger partial charge in [0.05, 0.1) is 16.2 Å². The number of rotatable bonds is 5. The summed E-state index contributed by atoms with van der Waals surface area (Å²) in [6.45, 7) is 3.01. The van der Waals surface area contributed by atoms with Crippen molar-refractivity contribution in [1.82, 2.24) is 18.9 Å². The van der Waals surface area contributed by atoms with Crippen LogP contribution in [0, 0.1) is 0 Å². The molecule has 3 aromatic heterocycles. The lowest BCUT2D eigenvalue weighted by Gasteiger charge is -2.09. The van der Waals surface area contributed by atoms with Gasteiger partial charge in [0.15, 0.2) is 0 Å². The number of nitrogens with zero attached hydrogens (tertiary/aromatic N) is 4. The number of aromatic nitrogens is 4. The second kappa shape index (κ2) is 8.37. The molecular formula is C25H22Cl2N4O2. The monoisotopic (exact) mass is 480 g/mol. The van der Waals surface area contributed by atoms with E-state index in [2.05, 4.69) is 17.2 Å². The first-order valence-electron chi connectivity index (χ1n) is 10.6. The summed E-state index contributed by atoms with van der Waals surface area (Å²) in [6, 6.07) is 15.3. The predicted octanol–water partition coefficient (Wildman–Crippen LogP) is 5.86. The summed E-state index contributed by atoms with van der Waals surface area (Å²) in [4.78, 5) is 13.3. The Morgan fingerprint density at radius 1 is 0.939 bits per heavy atom. The minimum Gasteiger partial charge on any atom is -0.360 e. The van der Waals surface area contributed by atoms with Gasteiger partial charge in [0, 0.05) is 59.4 Å². The van der Waals surface area contributed by atoms with Gasteiger partial charge < -0.3 is 9.30 Å². The minimum absolute atomic E-state index is 0.118. The highest BCUT2D eigenvalue weighted by atomic mass is 35.5. The van der Waals surface area contributed by atoms with Crippen LogP contribution < -0.4 is 5.56 Å². The fourth-order valence-electron chi connectivity index (χ4n) is 4.32. The van der Waals surface area contributed by atoms with Crippen molar-refractivity contribution in [1.29, 1.82) is 0 Å². The van der Waals surface area contributed by atoms with Crippen molar-refractivity contribution in [2.45, 2.75) is 13.7 Å². The minimum atomic E-state index is -0.118. The van der Waals surface area contributed by atoms with E-state index in [9.17, 15) is 4.79 Å². The van der Waals surface area contributed by atoms with Crippen LogP contribution in [0.3, 0.4) is 0 Å². The molecule has 0 aliphatic carbocycles. The number of aryl methyl sites for hydroxylation is 2. The maximum Gasteiger partial charge on any atom is 0.259 e. The van der Waals surface area contributed by atoms with E-state index in [1.165, 1.54) is 0 Å². The molecule has 6 nitrogen and oxygen atoms in total. The zero-order valence-corrected chi connectivity index (χ0v) is 20.0. The molecule has 0 unspecified atom stereocenters. The van der Waals surface area contributed by atoms with E-state index >= 15 is 0 Å². The quantitative estimate of drug-likeness (QED) is 0.316. The van der Waals surface area contributed by atoms with Gasteiger partial charge in [0.25, 0.3) is 5.56 Å². The van der Waals surface area contributed by atoms with Gasteiger partial charge in [0.2, 0.25) is 0 Å². The Kier molecular flexibility index (Phi) is 5.52. The topological polar surface area (TPSA) is 54.0 Å². The van der Waals surface area contributed by atoms with E-state index in [0.29, 0.717) is 34.5 Å².